The van der Waals surface area contributed by atoms with Gasteiger partial charge < -0.3 is 9.88 Å². The average Bonchev–Trinajstić information content (AvgIpc) is 3.51. The van der Waals surface area contributed by atoms with E-state index < -0.39 is 21.3 Å². The Morgan fingerprint density at radius 1 is 1.17 bits per heavy atom. The van der Waals surface area contributed by atoms with Gasteiger partial charge in [0.15, 0.2) is 5.82 Å². The second kappa shape index (κ2) is 7.71. The van der Waals surface area contributed by atoms with E-state index in [1.165, 1.54) is 16.4 Å². The van der Waals surface area contributed by atoms with E-state index in [-0.39, 0.29) is 23.9 Å². The second-order valence-electron chi connectivity index (χ2n) is 9.72. The van der Waals surface area contributed by atoms with Crippen molar-refractivity contribution in [2.75, 3.05) is 18.0 Å². The second-order valence-corrected chi connectivity index (χ2v) is 11.7. The number of sulfonamides is 1. The van der Waals surface area contributed by atoms with Gasteiger partial charge in [0.1, 0.15) is 11.5 Å². The molecule has 0 aliphatic carbocycles. The Labute approximate surface area is 207 Å². The molecule has 0 unspecified atom stereocenters. The third-order valence-electron chi connectivity index (χ3n) is 7.23. The Hall–Kier alpha value is -3.57. The molecule has 11 heteroatoms. The molecule has 1 amide bonds. The fraction of sp³-hybridized carbons (Fsp3) is 0.320. The minimum absolute atomic E-state index is 0.0493. The molecular weight excluding hydrogens is 483 g/mol. The lowest BCUT2D eigenvalue weighted by Gasteiger charge is -2.26. The van der Waals surface area contributed by atoms with Gasteiger partial charge in [-0.2, -0.15) is 9.40 Å². The minimum Gasteiger partial charge on any atom is -0.337 e. The summed E-state index contributed by atoms with van der Waals surface area (Å²) in [7, 11) is -3.80. The molecule has 2 aromatic carbocycles. The van der Waals surface area contributed by atoms with Crippen molar-refractivity contribution in [2.24, 2.45) is 0 Å². The summed E-state index contributed by atoms with van der Waals surface area (Å²) >= 11 is 0. The van der Waals surface area contributed by atoms with Gasteiger partial charge in [0.05, 0.1) is 27.0 Å². The number of benzene rings is 2. The quantitative estimate of drug-likeness (QED) is 0.438. The van der Waals surface area contributed by atoms with Crippen molar-refractivity contribution in [1.82, 2.24) is 24.5 Å². The Bertz CT molecular complexity index is 1640. The van der Waals surface area contributed by atoms with E-state index in [1.54, 1.807) is 4.90 Å². The van der Waals surface area contributed by atoms with Crippen LogP contribution in [-0.4, -0.2) is 51.9 Å². The van der Waals surface area contributed by atoms with Crippen LogP contribution in [0.15, 0.2) is 41.3 Å². The van der Waals surface area contributed by atoms with Crippen LogP contribution in [0.3, 0.4) is 0 Å². The lowest BCUT2D eigenvalue weighted by molar-refractivity contribution is -0.122. The van der Waals surface area contributed by atoms with Gasteiger partial charge in [0.25, 0.3) is 0 Å². The van der Waals surface area contributed by atoms with Crippen molar-refractivity contribution in [3.63, 3.8) is 0 Å². The van der Waals surface area contributed by atoms with Crippen LogP contribution in [0.2, 0.25) is 0 Å². The number of rotatable bonds is 4. The van der Waals surface area contributed by atoms with Gasteiger partial charge in [-0.3, -0.25) is 9.89 Å². The monoisotopic (exact) mass is 508 g/mol. The van der Waals surface area contributed by atoms with Gasteiger partial charge in [0, 0.05) is 37.3 Å². The Kier molecular flexibility index (Phi) is 4.90. The molecule has 0 bridgehead atoms. The van der Waals surface area contributed by atoms with Gasteiger partial charge in [-0.1, -0.05) is 0 Å². The number of hydrogen-bond acceptors (Lipinski definition) is 5. The van der Waals surface area contributed by atoms with E-state index in [4.69, 9.17) is 4.98 Å². The molecule has 186 valence electrons. The number of imidazole rings is 1. The number of anilines is 1. The zero-order valence-electron chi connectivity index (χ0n) is 20.1. The smallest absolute Gasteiger partial charge is 0.243 e. The number of carbonyl (C=O) groups is 1. The number of carbonyl (C=O) groups excluding carboxylic acids is 1. The van der Waals surface area contributed by atoms with Gasteiger partial charge >= 0.3 is 0 Å². The molecule has 6 rings (SSSR count). The summed E-state index contributed by atoms with van der Waals surface area (Å²) in [6.45, 7) is 6.78. The number of halogens is 1. The fourth-order valence-corrected chi connectivity index (χ4v) is 6.59. The van der Waals surface area contributed by atoms with Crippen LogP contribution in [0.25, 0.3) is 22.6 Å². The first-order chi connectivity index (χ1) is 17.1. The molecule has 36 heavy (non-hydrogen) atoms. The van der Waals surface area contributed by atoms with E-state index >= 15 is 0 Å². The molecule has 2 aliphatic heterocycles. The third kappa shape index (κ3) is 3.22. The Morgan fingerprint density at radius 3 is 2.64 bits per heavy atom. The van der Waals surface area contributed by atoms with Crippen LogP contribution >= 0.6 is 0 Å². The summed E-state index contributed by atoms with van der Waals surface area (Å²) in [6.07, 6.45) is 0.471. The lowest BCUT2D eigenvalue weighted by atomic mass is 9.86. The molecule has 2 aromatic heterocycles. The zero-order valence-corrected chi connectivity index (χ0v) is 20.9. The van der Waals surface area contributed by atoms with Gasteiger partial charge in [-0.25, -0.2) is 17.8 Å². The van der Waals surface area contributed by atoms with Crippen LogP contribution < -0.4 is 4.90 Å². The number of nitrogens with zero attached hydrogens (tertiary/aromatic N) is 4. The molecule has 9 nitrogen and oxygen atoms in total. The van der Waals surface area contributed by atoms with Crippen molar-refractivity contribution in [3.05, 3.63) is 59.0 Å². The summed E-state index contributed by atoms with van der Waals surface area (Å²) in [5.74, 6) is 0.105. The number of aromatic amines is 2. The number of H-pyrrole nitrogens is 2. The summed E-state index contributed by atoms with van der Waals surface area (Å²) < 4.78 is 41.1. The third-order valence-corrected chi connectivity index (χ3v) is 9.09. The topological polar surface area (TPSA) is 115 Å². The summed E-state index contributed by atoms with van der Waals surface area (Å²) in [4.78, 5) is 22.8. The van der Waals surface area contributed by atoms with Crippen LogP contribution in [0.4, 0.5) is 10.1 Å². The highest BCUT2D eigenvalue weighted by Gasteiger charge is 2.43. The molecule has 2 aliphatic rings. The highest BCUT2D eigenvalue weighted by Crippen LogP contribution is 2.43. The molecule has 0 spiro atoms. The molecule has 0 atom stereocenters. The number of fused-ring (bicyclic) bond motifs is 3. The molecular formula is C25H25FN6O3S. The predicted molar refractivity (Wildman–Crippen MR) is 132 cm³/mol. The largest absolute Gasteiger partial charge is 0.337 e. The van der Waals surface area contributed by atoms with Crippen molar-refractivity contribution >= 4 is 32.7 Å². The highest BCUT2D eigenvalue weighted by atomic mass is 32.2. The minimum atomic E-state index is -3.80. The maximum atomic E-state index is 13.3. The summed E-state index contributed by atoms with van der Waals surface area (Å²) in [5, 5.41) is 7.50. The lowest BCUT2D eigenvalue weighted by Crippen LogP contribution is -2.36. The molecule has 0 radical (unpaired) electrons. The maximum absolute atomic E-state index is 13.3. The maximum Gasteiger partial charge on any atom is 0.243 e. The number of aromatic nitrogens is 4. The van der Waals surface area contributed by atoms with E-state index in [1.807, 2.05) is 32.9 Å². The molecule has 2 N–H and O–H groups in total. The van der Waals surface area contributed by atoms with E-state index in [0.717, 1.165) is 40.2 Å². The van der Waals surface area contributed by atoms with Crippen molar-refractivity contribution in [3.8, 4) is 11.5 Å². The molecule has 4 heterocycles. The normalized spacial score (nSPS) is 17.6. The zero-order chi connectivity index (χ0) is 25.4. The van der Waals surface area contributed by atoms with Crippen molar-refractivity contribution < 1.29 is 17.6 Å². The number of nitrogens with one attached hydrogen (secondary N) is 2. The Morgan fingerprint density at radius 2 is 1.92 bits per heavy atom. The fourth-order valence-electron chi connectivity index (χ4n) is 5.18. The first-order valence-corrected chi connectivity index (χ1v) is 13.2. The first-order valence-electron chi connectivity index (χ1n) is 11.8. The SMILES string of the molecule is CCN1C(=O)C(C)(C)c2cc3[nH]c(-c4n[nH]c5c4CN(S(=O)(=O)c4ccc(F)cc4)CC5)nc3cc21. The van der Waals surface area contributed by atoms with E-state index in [0.29, 0.717) is 30.0 Å². The first kappa shape index (κ1) is 22.9. The summed E-state index contributed by atoms with van der Waals surface area (Å²) in [6, 6.07) is 8.74. The highest BCUT2D eigenvalue weighted by molar-refractivity contribution is 7.89. The van der Waals surface area contributed by atoms with Crippen LogP contribution in [-0.2, 0) is 33.2 Å². The molecule has 0 fully saturated rings. The number of amides is 1. The van der Waals surface area contributed by atoms with Crippen LogP contribution in [0.5, 0.6) is 0 Å². The van der Waals surface area contributed by atoms with Crippen molar-refractivity contribution in [2.45, 2.75) is 44.0 Å². The van der Waals surface area contributed by atoms with E-state index in [2.05, 4.69) is 15.2 Å². The standard InChI is InChI=1S/C25H25FN6O3S/c1-4-32-21-12-20-19(11-17(21)25(2,3)24(32)33)27-23(28-20)22-16-13-31(10-9-18(16)29-30-22)36(34,35)15-7-5-14(26)6-8-15/h5-8,11-12H,4,9-10,13H2,1-3H3,(H,27,28)(H,29,30). The molecule has 0 saturated heterocycles. The van der Waals surface area contributed by atoms with Crippen molar-refractivity contribution in [1.29, 1.82) is 0 Å². The van der Waals surface area contributed by atoms with Crippen LogP contribution in [0.1, 0.15) is 37.6 Å². The predicted octanol–water partition coefficient (Wildman–Crippen LogP) is 3.48. The number of likely N-dealkylation sites (N-methyl/N-ethyl adjacent to an activating group) is 1. The number of hydrogen-bond donors (Lipinski definition) is 2. The average molecular weight is 509 g/mol. The van der Waals surface area contributed by atoms with Crippen LogP contribution in [0, 0.1) is 5.82 Å². The van der Waals surface area contributed by atoms with Gasteiger partial charge in [-0.05, 0) is 62.7 Å². The Balaban J connectivity index is 1.38. The summed E-state index contributed by atoms with van der Waals surface area (Å²) in [5.41, 5.74) is 4.83. The van der Waals surface area contributed by atoms with Gasteiger partial charge in [-0.15, -0.1) is 0 Å². The van der Waals surface area contributed by atoms with E-state index in [9.17, 15) is 17.6 Å². The molecule has 0 saturated carbocycles. The molecule has 4 aromatic rings. The van der Waals surface area contributed by atoms with Gasteiger partial charge in [0.2, 0.25) is 15.9 Å².